The third-order valence-electron chi connectivity index (χ3n) is 3.59. The zero-order valence-corrected chi connectivity index (χ0v) is 11.2. The predicted octanol–water partition coefficient (Wildman–Crippen LogP) is 4.09. The van der Waals surface area contributed by atoms with Crippen molar-refractivity contribution in [3.05, 3.63) is 23.8 Å². The van der Waals surface area contributed by atoms with E-state index < -0.39 is 5.60 Å². The molecule has 0 aliphatic heterocycles. The highest BCUT2D eigenvalue weighted by Crippen LogP contribution is 2.31. The summed E-state index contributed by atoms with van der Waals surface area (Å²) in [6, 6.07) is 0. The Bertz CT molecular complexity index is 269. The van der Waals surface area contributed by atoms with E-state index in [4.69, 9.17) is 0 Å². The molecular formula is C15H26O. The van der Waals surface area contributed by atoms with E-state index in [1.54, 1.807) is 0 Å². The fourth-order valence-electron chi connectivity index (χ4n) is 2.29. The SMILES string of the molecule is CC(C)=CCC[C@H](C)[C@@H]1C=C[C@](C)(O)CC1. The average Bonchev–Trinajstić information content (AvgIpc) is 2.16. The van der Waals surface area contributed by atoms with Crippen LogP contribution in [0.15, 0.2) is 23.8 Å². The zero-order chi connectivity index (χ0) is 12.2. The summed E-state index contributed by atoms with van der Waals surface area (Å²) in [7, 11) is 0. The molecular weight excluding hydrogens is 196 g/mol. The van der Waals surface area contributed by atoms with Gasteiger partial charge in [0.1, 0.15) is 0 Å². The van der Waals surface area contributed by atoms with Gasteiger partial charge in [0.25, 0.3) is 0 Å². The molecule has 0 aromatic rings. The van der Waals surface area contributed by atoms with Gasteiger partial charge >= 0.3 is 0 Å². The molecule has 0 aromatic heterocycles. The maximum Gasteiger partial charge on any atom is 0.0800 e. The molecule has 0 amide bonds. The molecule has 1 aliphatic carbocycles. The van der Waals surface area contributed by atoms with Crippen molar-refractivity contribution in [2.24, 2.45) is 11.8 Å². The summed E-state index contributed by atoms with van der Waals surface area (Å²) >= 11 is 0. The summed E-state index contributed by atoms with van der Waals surface area (Å²) in [4.78, 5) is 0. The van der Waals surface area contributed by atoms with Crippen molar-refractivity contribution in [1.29, 1.82) is 0 Å². The highest BCUT2D eigenvalue weighted by atomic mass is 16.3. The lowest BCUT2D eigenvalue weighted by Crippen LogP contribution is -2.27. The lowest BCUT2D eigenvalue weighted by molar-refractivity contribution is 0.0833. The highest BCUT2D eigenvalue weighted by Gasteiger charge is 2.25. The van der Waals surface area contributed by atoms with Crippen LogP contribution in [0.2, 0.25) is 0 Å². The summed E-state index contributed by atoms with van der Waals surface area (Å²) in [5, 5.41) is 9.83. The van der Waals surface area contributed by atoms with Crippen LogP contribution in [0.1, 0.15) is 53.4 Å². The van der Waals surface area contributed by atoms with Crippen LogP contribution in [0.25, 0.3) is 0 Å². The molecule has 0 bridgehead atoms. The molecule has 92 valence electrons. The van der Waals surface area contributed by atoms with Gasteiger partial charge in [0.05, 0.1) is 5.60 Å². The number of hydrogen-bond donors (Lipinski definition) is 1. The van der Waals surface area contributed by atoms with Gasteiger partial charge in [-0.25, -0.2) is 0 Å². The Morgan fingerprint density at radius 3 is 2.75 bits per heavy atom. The molecule has 0 saturated carbocycles. The van der Waals surface area contributed by atoms with Crippen molar-refractivity contribution >= 4 is 0 Å². The summed E-state index contributed by atoms with van der Waals surface area (Å²) in [5.74, 6) is 1.38. The molecule has 1 aliphatic rings. The van der Waals surface area contributed by atoms with Crippen LogP contribution in [-0.4, -0.2) is 10.7 Å². The standard InChI is InChI=1S/C15H26O/c1-12(2)6-5-7-13(3)14-8-10-15(4,16)11-9-14/h6,8,10,13-14,16H,5,7,9,11H2,1-4H3/t13-,14+,15-/m0/s1. The van der Waals surface area contributed by atoms with Gasteiger partial charge in [-0.1, -0.05) is 30.7 Å². The molecule has 1 rings (SSSR count). The molecule has 0 heterocycles. The van der Waals surface area contributed by atoms with E-state index in [0.29, 0.717) is 5.92 Å². The first kappa shape index (κ1) is 13.5. The minimum atomic E-state index is -0.559. The predicted molar refractivity (Wildman–Crippen MR) is 70.3 cm³/mol. The average molecular weight is 222 g/mol. The van der Waals surface area contributed by atoms with E-state index in [-0.39, 0.29) is 0 Å². The molecule has 0 radical (unpaired) electrons. The van der Waals surface area contributed by atoms with Gasteiger partial charge in [0.2, 0.25) is 0 Å². The Labute approximate surface area is 100 Å². The van der Waals surface area contributed by atoms with Crippen LogP contribution < -0.4 is 0 Å². The van der Waals surface area contributed by atoms with Crippen molar-refractivity contribution in [2.75, 3.05) is 0 Å². The van der Waals surface area contributed by atoms with Crippen LogP contribution in [-0.2, 0) is 0 Å². The Morgan fingerprint density at radius 1 is 1.56 bits per heavy atom. The van der Waals surface area contributed by atoms with Crippen LogP contribution >= 0.6 is 0 Å². The normalized spacial score (nSPS) is 31.2. The molecule has 0 spiro atoms. The van der Waals surface area contributed by atoms with E-state index in [1.807, 2.05) is 13.0 Å². The zero-order valence-electron chi connectivity index (χ0n) is 11.2. The van der Waals surface area contributed by atoms with Gasteiger partial charge in [-0.05, 0) is 58.3 Å². The Hall–Kier alpha value is -0.560. The van der Waals surface area contributed by atoms with E-state index in [1.165, 1.54) is 18.4 Å². The number of hydrogen-bond acceptors (Lipinski definition) is 1. The fourth-order valence-corrected chi connectivity index (χ4v) is 2.29. The van der Waals surface area contributed by atoms with Crippen molar-refractivity contribution in [1.82, 2.24) is 0 Å². The molecule has 0 saturated heterocycles. The molecule has 0 aromatic carbocycles. The molecule has 1 N–H and O–H groups in total. The van der Waals surface area contributed by atoms with Gasteiger partial charge in [-0.15, -0.1) is 0 Å². The van der Waals surface area contributed by atoms with Crippen molar-refractivity contribution in [2.45, 2.75) is 59.0 Å². The second-order valence-electron chi connectivity index (χ2n) is 5.75. The van der Waals surface area contributed by atoms with E-state index in [0.717, 1.165) is 18.8 Å². The quantitative estimate of drug-likeness (QED) is 0.710. The molecule has 16 heavy (non-hydrogen) atoms. The van der Waals surface area contributed by atoms with E-state index >= 15 is 0 Å². The van der Waals surface area contributed by atoms with Crippen LogP contribution in [0.5, 0.6) is 0 Å². The largest absolute Gasteiger partial charge is 0.386 e. The summed E-state index contributed by atoms with van der Waals surface area (Å²) in [5.41, 5.74) is 0.852. The first-order valence-electron chi connectivity index (χ1n) is 6.46. The maximum atomic E-state index is 9.83. The highest BCUT2D eigenvalue weighted by molar-refractivity contribution is 5.06. The topological polar surface area (TPSA) is 20.2 Å². The minimum absolute atomic E-state index is 0.559. The Balaban J connectivity index is 2.39. The summed E-state index contributed by atoms with van der Waals surface area (Å²) in [6.07, 6.45) is 11.0. The summed E-state index contributed by atoms with van der Waals surface area (Å²) in [6.45, 7) is 8.53. The molecule has 3 atom stereocenters. The van der Waals surface area contributed by atoms with E-state index in [2.05, 4.69) is 32.9 Å². The molecule has 1 nitrogen and oxygen atoms in total. The van der Waals surface area contributed by atoms with Gasteiger partial charge in [-0.2, -0.15) is 0 Å². The Morgan fingerprint density at radius 2 is 2.25 bits per heavy atom. The second kappa shape index (κ2) is 5.67. The number of aliphatic hydroxyl groups is 1. The van der Waals surface area contributed by atoms with Gasteiger partial charge in [0.15, 0.2) is 0 Å². The first-order valence-corrected chi connectivity index (χ1v) is 6.46. The third kappa shape index (κ3) is 4.52. The van der Waals surface area contributed by atoms with Crippen molar-refractivity contribution in [3.8, 4) is 0 Å². The van der Waals surface area contributed by atoms with Gasteiger partial charge in [0, 0.05) is 0 Å². The first-order chi connectivity index (χ1) is 7.41. The lowest BCUT2D eigenvalue weighted by Gasteiger charge is -2.30. The third-order valence-corrected chi connectivity index (χ3v) is 3.59. The fraction of sp³-hybridized carbons (Fsp3) is 0.733. The van der Waals surface area contributed by atoms with E-state index in [9.17, 15) is 5.11 Å². The molecule has 0 unspecified atom stereocenters. The Kier molecular flexibility index (Phi) is 4.79. The maximum absolute atomic E-state index is 9.83. The second-order valence-corrected chi connectivity index (χ2v) is 5.75. The molecule has 0 fully saturated rings. The summed E-state index contributed by atoms with van der Waals surface area (Å²) < 4.78 is 0. The number of allylic oxidation sites excluding steroid dienone is 3. The molecule has 1 heteroatoms. The van der Waals surface area contributed by atoms with Crippen molar-refractivity contribution in [3.63, 3.8) is 0 Å². The smallest absolute Gasteiger partial charge is 0.0800 e. The monoisotopic (exact) mass is 222 g/mol. The minimum Gasteiger partial charge on any atom is -0.386 e. The van der Waals surface area contributed by atoms with Crippen LogP contribution in [0, 0.1) is 11.8 Å². The lowest BCUT2D eigenvalue weighted by atomic mass is 9.79. The van der Waals surface area contributed by atoms with Crippen LogP contribution in [0.4, 0.5) is 0 Å². The van der Waals surface area contributed by atoms with Crippen LogP contribution in [0.3, 0.4) is 0 Å². The number of rotatable bonds is 4. The van der Waals surface area contributed by atoms with Crippen molar-refractivity contribution < 1.29 is 5.11 Å². The van der Waals surface area contributed by atoms with Gasteiger partial charge in [-0.3, -0.25) is 0 Å². The van der Waals surface area contributed by atoms with Gasteiger partial charge < -0.3 is 5.11 Å².